The number of nitrogens with one attached hydrogen (secondary N) is 1. The number of aryl methyl sites for hydroxylation is 3. The van der Waals surface area contributed by atoms with E-state index < -0.39 is 0 Å². The average molecular weight is 336 g/mol. The first-order valence-corrected chi connectivity index (χ1v) is 8.13. The number of carbonyl (C=O) groups is 2. The summed E-state index contributed by atoms with van der Waals surface area (Å²) in [5, 5.41) is 8.00. The van der Waals surface area contributed by atoms with Gasteiger partial charge in [-0.05, 0) is 19.9 Å². The third-order valence-electron chi connectivity index (χ3n) is 4.10. The Morgan fingerprint density at radius 3 is 2.56 bits per heavy atom. The highest BCUT2D eigenvalue weighted by Gasteiger charge is 2.11. The fourth-order valence-corrected chi connectivity index (χ4v) is 2.71. The molecular weight excluding hydrogens is 316 g/mol. The number of rotatable bonds is 5. The highest BCUT2D eigenvalue weighted by Crippen LogP contribution is 2.19. The van der Waals surface area contributed by atoms with Crippen LogP contribution < -0.4 is 5.32 Å². The maximum atomic E-state index is 12.1. The van der Waals surface area contributed by atoms with Gasteiger partial charge in [0, 0.05) is 30.8 Å². The van der Waals surface area contributed by atoms with Crippen LogP contribution in [0.4, 0.5) is 5.69 Å². The number of amides is 1. The number of ketones is 1. The minimum atomic E-state index is -0.205. The summed E-state index contributed by atoms with van der Waals surface area (Å²) in [5.41, 5.74) is 3.97. The first-order chi connectivity index (χ1) is 11.9. The summed E-state index contributed by atoms with van der Waals surface area (Å²) in [4.78, 5) is 28.6. The Bertz CT molecular complexity index is 942. The molecule has 0 aliphatic heterocycles. The Hall–Kier alpha value is -3.02. The molecule has 3 rings (SSSR count). The predicted molar refractivity (Wildman–Crippen MR) is 96.6 cm³/mol. The van der Waals surface area contributed by atoms with E-state index in [1.165, 1.54) is 0 Å². The molecule has 3 aromatic rings. The van der Waals surface area contributed by atoms with Gasteiger partial charge in [0.15, 0.2) is 11.4 Å². The standard InChI is InChI=1S/C19H20N4O2/c1-12-4-6-14(7-5-12)17(24)8-9-18(25)21-15-10-16-13(2)22-23(3)19(16)20-11-15/h4-7,10-11H,8-9H2,1-3H3,(H,21,25). The molecule has 1 amide bonds. The van der Waals surface area contributed by atoms with Crippen LogP contribution in [0.1, 0.15) is 34.5 Å². The molecule has 128 valence electrons. The molecule has 0 unspecified atom stereocenters. The van der Waals surface area contributed by atoms with E-state index in [0.717, 1.165) is 22.3 Å². The number of fused-ring (bicyclic) bond motifs is 1. The first kappa shape index (κ1) is 16.8. The third-order valence-corrected chi connectivity index (χ3v) is 4.10. The number of hydrogen-bond acceptors (Lipinski definition) is 4. The number of hydrogen-bond donors (Lipinski definition) is 1. The molecule has 0 saturated heterocycles. The molecule has 6 nitrogen and oxygen atoms in total. The topological polar surface area (TPSA) is 76.9 Å². The molecule has 0 aliphatic rings. The lowest BCUT2D eigenvalue weighted by atomic mass is 10.0. The van der Waals surface area contributed by atoms with Gasteiger partial charge in [-0.1, -0.05) is 29.8 Å². The second-order valence-electron chi connectivity index (χ2n) is 6.14. The molecule has 0 spiro atoms. The second-order valence-corrected chi connectivity index (χ2v) is 6.14. The van der Waals surface area contributed by atoms with E-state index in [-0.39, 0.29) is 24.5 Å². The highest BCUT2D eigenvalue weighted by molar-refractivity contribution is 6.00. The van der Waals surface area contributed by atoms with Gasteiger partial charge in [-0.15, -0.1) is 0 Å². The fourth-order valence-electron chi connectivity index (χ4n) is 2.71. The van der Waals surface area contributed by atoms with Crippen LogP contribution in [0.2, 0.25) is 0 Å². The van der Waals surface area contributed by atoms with Crippen LogP contribution >= 0.6 is 0 Å². The summed E-state index contributed by atoms with van der Waals surface area (Å²) >= 11 is 0. The van der Waals surface area contributed by atoms with Gasteiger partial charge in [-0.3, -0.25) is 14.3 Å². The van der Waals surface area contributed by atoms with Crippen LogP contribution in [0, 0.1) is 13.8 Å². The summed E-state index contributed by atoms with van der Waals surface area (Å²) in [6.45, 7) is 3.87. The molecule has 1 N–H and O–H groups in total. The van der Waals surface area contributed by atoms with Crippen molar-refractivity contribution in [3.05, 3.63) is 53.3 Å². The second kappa shape index (κ2) is 6.84. The van der Waals surface area contributed by atoms with E-state index in [4.69, 9.17) is 0 Å². The summed E-state index contributed by atoms with van der Waals surface area (Å²) < 4.78 is 1.70. The summed E-state index contributed by atoms with van der Waals surface area (Å²) in [6.07, 6.45) is 1.91. The average Bonchev–Trinajstić information content (AvgIpc) is 2.87. The molecule has 0 atom stereocenters. The van der Waals surface area contributed by atoms with Crippen molar-refractivity contribution < 1.29 is 9.59 Å². The van der Waals surface area contributed by atoms with Crippen molar-refractivity contribution in [1.82, 2.24) is 14.8 Å². The molecule has 0 saturated carbocycles. The molecule has 6 heteroatoms. The summed E-state index contributed by atoms with van der Waals surface area (Å²) in [6, 6.07) is 9.22. The Kier molecular flexibility index (Phi) is 4.61. The van der Waals surface area contributed by atoms with Crippen molar-refractivity contribution in [2.24, 2.45) is 7.05 Å². The third kappa shape index (κ3) is 3.74. The molecule has 25 heavy (non-hydrogen) atoms. The number of pyridine rings is 1. The summed E-state index contributed by atoms with van der Waals surface area (Å²) in [7, 11) is 1.83. The van der Waals surface area contributed by atoms with E-state index in [9.17, 15) is 9.59 Å². The Morgan fingerprint density at radius 2 is 1.84 bits per heavy atom. The van der Waals surface area contributed by atoms with Gasteiger partial charge in [-0.2, -0.15) is 5.10 Å². The van der Waals surface area contributed by atoms with E-state index in [0.29, 0.717) is 11.3 Å². The first-order valence-electron chi connectivity index (χ1n) is 8.13. The van der Waals surface area contributed by atoms with Crippen LogP contribution in [-0.2, 0) is 11.8 Å². The van der Waals surface area contributed by atoms with Crippen LogP contribution in [0.3, 0.4) is 0 Å². The van der Waals surface area contributed by atoms with Crippen molar-refractivity contribution in [1.29, 1.82) is 0 Å². The zero-order chi connectivity index (χ0) is 18.0. The lowest BCUT2D eigenvalue weighted by Crippen LogP contribution is -2.13. The predicted octanol–water partition coefficient (Wildman–Crippen LogP) is 3.19. The van der Waals surface area contributed by atoms with Crippen LogP contribution in [0.15, 0.2) is 36.5 Å². The van der Waals surface area contributed by atoms with Gasteiger partial charge >= 0.3 is 0 Å². The molecule has 2 heterocycles. The minimum absolute atomic E-state index is 0.0353. The summed E-state index contributed by atoms with van der Waals surface area (Å²) in [5.74, 6) is -0.241. The minimum Gasteiger partial charge on any atom is -0.325 e. The molecule has 0 radical (unpaired) electrons. The van der Waals surface area contributed by atoms with Gasteiger partial charge < -0.3 is 5.32 Å². The van der Waals surface area contributed by atoms with Crippen molar-refractivity contribution >= 4 is 28.4 Å². The number of aromatic nitrogens is 3. The van der Waals surface area contributed by atoms with Crippen molar-refractivity contribution in [2.45, 2.75) is 26.7 Å². The fraction of sp³-hybridized carbons (Fsp3) is 0.263. The maximum absolute atomic E-state index is 12.1. The largest absolute Gasteiger partial charge is 0.325 e. The van der Waals surface area contributed by atoms with Gasteiger partial charge in [0.25, 0.3) is 0 Å². The molecule has 0 aliphatic carbocycles. The normalized spacial score (nSPS) is 10.8. The Morgan fingerprint density at radius 1 is 1.12 bits per heavy atom. The Labute approximate surface area is 145 Å². The molecule has 2 aromatic heterocycles. The lowest BCUT2D eigenvalue weighted by Gasteiger charge is -2.05. The molecule has 1 aromatic carbocycles. The van der Waals surface area contributed by atoms with Crippen LogP contribution in [0.5, 0.6) is 0 Å². The number of benzene rings is 1. The monoisotopic (exact) mass is 336 g/mol. The van der Waals surface area contributed by atoms with Crippen molar-refractivity contribution in [3.63, 3.8) is 0 Å². The van der Waals surface area contributed by atoms with Gasteiger partial charge in [0.2, 0.25) is 5.91 Å². The molecule has 0 fully saturated rings. The van der Waals surface area contributed by atoms with E-state index in [1.54, 1.807) is 23.0 Å². The van der Waals surface area contributed by atoms with Gasteiger partial charge in [0.1, 0.15) is 0 Å². The zero-order valence-corrected chi connectivity index (χ0v) is 14.5. The van der Waals surface area contributed by atoms with E-state index in [2.05, 4.69) is 15.4 Å². The van der Waals surface area contributed by atoms with E-state index >= 15 is 0 Å². The zero-order valence-electron chi connectivity index (χ0n) is 14.5. The number of Topliss-reactive ketones (excluding diaryl/α,β-unsaturated/α-hetero) is 1. The number of nitrogens with zero attached hydrogens (tertiary/aromatic N) is 3. The van der Waals surface area contributed by atoms with E-state index in [1.807, 2.05) is 39.1 Å². The number of carbonyl (C=O) groups excluding carboxylic acids is 2. The molecular formula is C19H20N4O2. The van der Waals surface area contributed by atoms with Gasteiger partial charge in [0.05, 0.1) is 17.6 Å². The lowest BCUT2D eigenvalue weighted by molar-refractivity contribution is -0.116. The SMILES string of the molecule is Cc1ccc(C(=O)CCC(=O)Nc2cnc3c(c2)c(C)nn3C)cc1. The Balaban J connectivity index is 1.61. The van der Waals surface area contributed by atoms with Crippen LogP contribution in [0.25, 0.3) is 11.0 Å². The quantitative estimate of drug-likeness (QED) is 0.726. The van der Waals surface area contributed by atoms with Crippen LogP contribution in [-0.4, -0.2) is 26.5 Å². The highest BCUT2D eigenvalue weighted by atomic mass is 16.2. The number of anilines is 1. The van der Waals surface area contributed by atoms with Gasteiger partial charge in [-0.25, -0.2) is 4.98 Å². The van der Waals surface area contributed by atoms with Crippen molar-refractivity contribution in [2.75, 3.05) is 5.32 Å². The smallest absolute Gasteiger partial charge is 0.224 e. The maximum Gasteiger partial charge on any atom is 0.224 e. The van der Waals surface area contributed by atoms with Crippen molar-refractivity contribution in [3.8, 4) is 0 Å². The molecule has 0 bridgehead atoms.